The zero-order valence-corrected chi connectivity index (χ0v) is 21.3. The summed E-state index contributed by atoms with van der Waals surface area (Å²) in [6.45, 7) is 9.94. The highest BCUT2D eigenvalue weighted by atomic mass is 32.1. The first-order valence-electron chi connectivity index (χ1n) is 11.1. The lowest BCUT2D eigenvalue weighted by Gasteiger charge is -2.28. The third kappa shape index (κ3) is 5.50. The summed E-state index contributed by atoms with van der Waals surface area (Å²) in [5.74, 6) is 0.0970. The average molecular weight is 484 g/mol. The van der Waals surface area contributed by atoms with Crippen LogP contribution in [0.5, 0.6) is 0 Å². The highest BCUT2D eigenvalue weighted by Gasteiger charge is 2.41. The van der Waals surface area contributed by atoms with Crippen molar-refractivity contribution in [1.29, 1.82) is 0 Å². The summed E-state index contributed by atoms with van der Waals surface area (Å²) in [5, 5.41) is 3.74. The molecule has 1 saturated heterocycles. The zero-order chi connectivity index (χ0) is 23.8. The van der Waals surface area contributed by atoms with Crippen LogP contribution in [0.4, 0.5) is 4.79 Å². The number of benzene rings is 1. The number of rotatable bonds is 5. The molecule has 1 fully saturated rings. The SMILES string of the molecule is Cc1nc(C)c(-c2csc(CC(=O)[C@@H]3C[C@H](c4ccccc4)CN3C(=O)OC(C)(C)C)n2)s1. The van der Waals surface area contributed by atoms with Crippen LogP contribution >= 0.6 is 22.7 Å². The number of hydrogen-bond acceptors (Lipinski definition) is 7. The second-order valence-corrected chi connectivity index (χ2v) is 11.6. The average Bonchev–Trinajstić information content (AvgIpc) is 3.45. The summed E-state index contributed by atoms with van der Waals surface area (Å²) < 4.78 is 5.63. The molecule has 4 rings (SSSR count). The number of aryl methyl sites for hydroxylation is 2. The van der Waals surface area contributed by atoms with Crippen LogP contribution in [-0.2, 0) is 16.0 Å². The van der Waals surface area contributed by atoms with Gasteiger partial charge in [0, 0.05) is 17.8 Å². The Balaban J connectivity index is 1.53. The normalized spacial score (nSPS) is 18.5. The van der Waals surface area contributed by atoms with E-state index in [2.05, 4.69) is 17.1 Å². The maximum absolute atomic E-state index is 13.4. The second kappa shape index (κ2) is 9.35. The van der Waals surface area contributed by atoms with Crippen molar-refractivity contribution < 1.29 is 14.3 Å². The summed E-state index contributed by atoms with van der Waals surface area (Å²) in [5.41, 5.74) is 2.33. The lowest BCUT2D eigenvalue weighted by atomic mass is 9.95. The number of aromatic nitrogens is 2. The van der Waals surface area contributed by atoms with E-state index in [-0.39, 0.29) is 18.1 Å². The van der Waals surface area contributed by atoms with E-state index < -0.39 is 17.7 Å². The molecule has 0 unspecified atom stereocenters. The largest absolute Gasteiger partial charge is 0.444 e. The lowest BCUT2D eigenvalue weighted by Crippen LogP contribution is -2.43. The Morgan fingerprint density at radius 2 is 1.88 bits per heavy atom. The standard InChI is InChI=1S/C25H29N3O3S2/c1-15-23(33-16(2)26-15)19-14-32-22(27-19)12-21(29)20-11-18(17-9-7-6-8-10-17)13-28(20)24(30)31-25(3,4)5/h6-10,14,18,20H,11-13H2,1-5H3/t18-,20-/m0/s1. The van der Waals surface area contributed by atoms with Crippen LogP contribution in [0.25, 0.3) is 10.6 Å². The molecular formula is C25H29N3O3S2. The predicted molar refractivity (Wildman–Crippen MR) is 132 cm³/mol. The number of ether oxygens (including phenoxy) is 1. The summed E-state index contributed by atoms with van der Waals surface area (Å²) in [4.78, 5) is 38.2. The summed E-state index contributed by atoms with van der Waals surface area (Å²) in [6, 6.07) is 9.53. The molecule has 0 spiro atoms. The molecule has 1 aliphatic rings. The Hall–Kier alpha value is -2.58. The first kappa shape index (κ1) is 23.6. The van der Waals surface area contributed by atoms with Crippen LogP contribution in [0.15, 0.2) is 35.7 Å². The van der Waals surface area contributed by atoms with Crippen molar-refractivity contribution in [3.05, 3.63) is 57.0 Å². The van der Waals surface area contributed by atoms with Crippen molar-refractivity contribution in [3.8, 4) is 10.6 Å². The number of hydrogen-bond donors (Lipinski definition) is 0. The molecule has 3 aromatic rings. The summed E-state index contributed by atoms with van der Waals surface area (Å²) in [7, 11) is 0. The van der Waals surface area contributed by atoms with E-state index in [0.29, 0.717) is 13.0 Å². The van der Waals surface area contributed by atoms with Gasteiger partial charge in [0.15, 0.2) is 5.78 Å². The van der Waals surface area contributed by atoms with Crippen molar-refractivity contribution in [1.82, 2.24) is 14.9 Å². The van der Waals surface area contributed by atoms with Gasteiger partial charge in [0.1, 0.15) is 10.6 Å². The minimum absolute atomic E-state index is 0.00241. The van der Waals surface area contributed by atoms with Gasteiger partial charge in [-0.2, -0.15) is 0 Å². The summed E-state index contributed by atoms with van der Waals surface area (Å²) >= 11 is 3.09. The van der Waals surface area contributed by atoms with E-state index in [9.17, 15) is 9.59 Å². The molecule has 0 saturated carbocycles. The Kier molecular flexibility index (Phi) is 6.68. The van der Waals surface area contributed by atoms with Gasteiger partial charge in [0.25, 0.3) is 0 Å². The van der Waals surface area contributed by atoms with Gasteiger partial charge in [-0.15, -0.1) is 22.7 Å². The molecule has 0 bridgehead atoms. The monoisotopic (exact) mass is 483 g/mol. The van der Waals surface area contributed by atoms with Crippen LogP contribution in [-0.4, -0.2) is 44.9 Å². The van der Waals surface area contributed by atoms with Gasteiger partial charge in [-0.05, 0) is 46.6 Å². The molecule has 2 atom stereocenters. The molecule has 174 valence electrons. The molecule has 1 aliphatic heterocycles. The number of ketones is 1. The molecule has 6 nitrogen and oxygen atoms in total. The number of thiazole rings is 2. The van der Waals surface area contributed by atoms with Gasteiger partial charge in [-0.1, -0.05) is 30.3 Å². The van der Waals surface area contributed by atoms with Crippen molar-refractivity contribution in [2.45, 2.75) is 65.0 Å². The number of amides is 1. The van der Waals surface area contributed by atoms with E-state index in [1.54, 1.807) is 16.2 Å². The molecular weight excluding hydrogens is 454 g/mol. The lowest BCUT2D eigenvalue weighted by molar-refractivity contribution is -0.122. The van der Waals surface area contributed by atoms with Gasteiger partial charge in [-0.3, -0.25) is 9.69 Å². The fraction of sp³-hybridized carbons (Fsp3) is 0.440. The van der Waals surface area contributed by atoms with E-state index >= 15 is 0 Å². The Bertz CT molecular complexity index is 1150. The highest BCUT2D eigenvalue weighted by molar-refractivity contribution is 7.16. The van der Waals surface area contributed by atoms with Crippen LogP contribution in [0, 0.1) is 13.8 Å². The Morgan fingerprint density at radius 3 is 2.52 bits per heavy atom. The van der Waals surface area contributed by atoms with Crippen molar-refractivity contribution >= 4 is 34.6 Å². The predicted octanol–water partition coefficient (Wildman–Crippen LogP) is 5.79. The van der Waals surface area contributed by atoms with Crippen molar-refractivity contribution in [3.63, 3.8) is 0 Å². The number of carbonyl (C=O) groups excluding carboxylic acids is 2. The maximum Gasteiger partial charge on any atom is 0.410 e. The number of Topliss-reactive ketones (excluding diaryl/α,β-unsaturated/α-hetero) is 1. The zero-order valence-electron chi connectivity index (χ0n) is 19.6. The van der Waals surface area contributed by atoms with E-state index in [4.69, 9.17) is 9.72 Å². The minimum Gasteiger partial charge on any atom is -0.444 e. The molecule has 1 amide bonds. The second-order valence-electron chi connectivity index (χ2n) is 9.41. The minimum atomic E-state index is -0.621. The first-order chi connectivity index (χ1) is 15.6. The van der Waals surface area contributed by atoms with E-state index in [1.165, 1.54) is 11.3 Å². The fourth-order valence-corrected chi connectivity index (χ4v) is 5.91. The quantitative estimate of drug-likeness (QED) is 0.459. The topological polar surface area (TPSA) is 72.4 Å². The third-order valence-corrected chi connectivity index (χ3v) is 7.53. The molecule has 3 heterocycles. The Labute approximate surface area is 202 Å². The molecule has 8 heteroatoms. The van der Waals surface area contributed by atoms with Gasteiger partial charge < -0.3 is 4.74 Å². The van der Waals surface area contributed by atoms with Gasteiger partial charge >= 0.3 is 6.09 Å². The number of likely N-dealkylation sites (tertiary alicyclic amines) is 1. The van der Waals surface area contributed by atoms with Crippen molar-refractivity contribution in [2.24, 2.45) is 0 Å². The summed E-state index contributed by atoms with van der Waals surface area (Å²) in [6.07, 6.45) is 0.357. The van der Waals surface area contributed by atoms with E-state index in [1.807, 2.05) is 58.2 Å². The molecule has 0 N–H and O–H groups in total. The molecule has 33 heavy (non-hydrogen) atoms. The molecule has 0 aliphatic carbocycles. The Morgan fingerprint density at radius 1 is 1.15 bits per heavy atom. The highest BCUT2D eigenvalue weighted by Crippen LogP contribution is 2.35. The van der Waals surface area contributed by atoms with Crippen LogP contribution in [0.1, 0.15) is 54.4 Å². The molecule has 2 aromatic heterocycles. The van der Waals surface area contributed by atoms with Gasteiger partial charge in [0.05, 0.1) is 33.7 Å². The molecule has 1 aromatic carbocycles. The fourth-order valence-electron chi connectivity index (χ4n) is 4.16. The maximum atomic E-state index is 13.4. The van der Waals surface area contributed by atoms with Crippen LogP contribution in [0.2, 0.25) is 0 Å². The van der Waals surface area contributed by atoms with Crippen LogP contribution in [0.3, 0.4) is 0 Å². The number of nitrogens with zero attached hydrogens (tertiary/aromatic N) is 3. The third-order valence-electron chi connectivity index (χ3n) is 5.59. The van der Waals surface area contributed by atoms with Gasteiger partial charge in [0.2, 0.25) is 0 Å². The smallest absolute Gasteiger partial charge is 0.410 e. The van der Waals surface area contributed by atoms with E-state index in [0.717, 1.165) is 31.8 Å². The number of carbonyl (C=O) groups is 2. The molecule has 0 radical (unpaired) electrons. The van der Waals surface area contributed by atoms with Crippen molar-refractivity contribution in [2.75, 3.05) is 6.54 Å². The first-order valence-corrected chi connectivity index (χ1v) is 12.8. The van der Waals surface area contributed by atoms with Gasteiger partial charge in [-0.25, -0.2) is 14.8 Å². The van der Waals surface area contributed by atoms with Crippen LogP contribution < -0.4 is 0 Å².